The van der Waals surface area contributed by atoms with E-state index in [4.69, 9.17) is 4.74 Å². The van der Waals surface area contributed by atoms with Gasteiger partial charge in [0.15, 0.2) is 0 Å². The van der Waals surface area contributed by atoms with Crippen LogP contribution in [0, 0.1) is 5.92 Å². The number of ether oxygens (including phenoxy) is 1. The summed E-state index contributed by atoms with van der Waals surface area (Å²) in [6, 6.07) is 10.9. The molecular formula is C17H19N3O3S. The first-order chi connectivity index (χ1) is 11.5. The predicted octanol–water partition coefficient (Wildman–Crippen LogP) is 2.29. The van der Waals surface area contributed by atoms with E-state index < -0.39 is 11.5 Å². The second kappa shape index (κ2) is 8.35. The lowest BCUT2D eigenvalue weighted by atomic mass is 10.2. The van der Waals surface area contributed by atoms with Crippen molar-refractivity contribution >= 4 is 23.5 Å². The van der Waals surface area contributed by atoms with E-state index in [1.54, 1.807) is 6.21 Å². The van der Waals surface area contributed by atoms with Crippen LogP contribution in [0.15, 0.2) is 51.3 Å². The Labute approximate surface area is 143 Å². The molecular weight excluding hydrogens is 326 g/mol. The number of aromatic nitrogens is 1. The molecule has 0 aliphatic heterocycles. The summed E-state index contributed by atoms with van der Waals surface area (Å²) in [5.41, 5.74) is 0.581. The smallest absolute Gasteiger partial charge is 0.348 e. The number of methoxy groups -OCH3 is 1. The number of carbonyl (C=O) groups is 1. The summed E-state index contributed by atoms with van der Waals surface area (Å²) >= 11 is 1.07. The van der Waals surface area contributed by atoms with Crippen LogP contribution in [0.5, 0.6) is 0 Å². The van der Waals surface area contributed by atoms with Gasteiger partial charge in [0.25, 0.3) is 5.56 Å². The van der Waals surface area contributed by atoms with Crippen LogP contribution in [0.3, 0.4) is 0 Å². The highest BCUT2D eigenvalue weighted by Crippen LogP contribution is 2.03. The highest BCUT2D eigenvalue weighted by Gasteiger charge is 2.11. The number of hydrogen-bond donors (Lipinski definition) is 0. The summed E-state index contributed by atoms with van der Waals surface area (Å²) in [6.45, 7) is 4.31. The Bertz CT molecular complexity index is 851. The average molecular weight is 345 g/mol. The summed E-state index contributed by atoms with van der Waals surface area (Å²) in [7, 11) is 1.28. The fraction of sp³-hybridized carbons (Fsp3) is 0.294. The van der Waals surface area contributed by atoms with Gasteiger partial charge < -0.3 is 4.74 Å². The Morgan fingerprint density at radius 3 is 2.67 bits per heavy atom. The standard InChI is InChI=1S/C17H19N3O3S/c1-12(2)10-19-20-15(21)9-14(16(22)23-3)24-17(20)18-11-13-7-5-4-6-8-13/h4-10,12H,11H2,1-3H3/b18-17?,19-10+. The molecule has 0 aliphatic carbocycles. The van der Waals surface area contributed by atoms with Gasteiger partial charge in [-0.25, -0.2) is 4.79 Å². The van der Waals surface area contributed by atoms with Gasteiger partial charge in [0.05, 0.1) is 13.7 Å². The van der Waals surface area contributed by atoms with Crippen LogP contribution in [0.1, 0.15) is 29.1 Å². The van der Waals surface area contributed by atoms with Gasteiger partial charge >= 0.3 is 5.97 Å². The molecule has 0 aliphatic rings. The lowest BCUT2D eigenvalue weighted by Gasteiger charge is -2.03. The van der Waals surface area contributed by atoms with Crippen molar-refractivity contribution in [3.63, 3.8) is 0 Å². The molecule has 0 fully saturated rings. The third-order valence-corrected chi connectivity index (χ3v) is 3.94. The van der Waals surface area contributed by atoms with Crippen molar-refractivity contribution in [3.05, 3.63) is 62.0 Å². The molecule has 24 heavy (non-hydrogen) atoms. The van der Waals surface area contributed by atoms with Gasteiger partial charge in [0.2, 0.25) is 4.80 Å². The van der Waals surface area contributed by atoms with Gasteiger partial charge in [-0.2, -0.15) is 9.78 Å². The maximum absolute atomic E-state index is 12.3. The van der Waals surface area contributed by atoms with Crippen molar-refractivity contribution in [2.75, 3.05) is 7.11 Å². The fourth-order valence-corrected chi connectivity index (χ4v) is 2.66. The first-order valence-corrected chi connectivity index (χ1v) is 8.27. The summed E-state index contributed by atoms with van der Waals surface area (Å²) in [6.07, 6.45) is 1.66. The molecule has 2 aromatic rings. The number of nitrogens with zero attached hydrogens (tertiary/aromatic N) is 3. The van der Waals surface area contributed by atoms with Gasteiger partial charge in [-0.15, -0.1) is 0 Å². The molecule has 0 N–H and O–H groups in total. The quantitative estimate of drug-likeness (QED) is 0.616. The zero-order valence-electron chi connectivity index (χ0n) is 13.8. The van der Waals surface area contributed by atoms with Crippen molar-refractivity contribution in [2.45, 2.75) is 20.4 Å². The molecule has 0 amide bonds. The highest BCUT2D eigenvalue weighted by atomic mass is 32.1. The Balaban J connectivity index is 2.53. The molecule has 0 spiro atoms. The molecule has 7 heteroatoms. The van der Waals surface area contributed by atoms with E-state index in [-0.39, 0.29) is 10.8 Å². The Hall–Kier alpha value is -2.54. The lowest BCUT2D eigenvalue weighted by molar-refractivity contribution is 0.0606. The van der Waals surface area contributed by atoms with Crippen LogP contribution >= 0.6 is 11.3 Å². The molecule has 0 atom stereocenters. The Morgan fingerprint density at radius 1 is 1.33 bits per heavy atom. The SMILES string of the molecule is COC(=O)c1cc(=O)n(/N=C/C(C)C)c(=NCc2ccccc2)s1. The number of benzene rings is 1. The highest BCUT2D eigenvalue weighted by molar-refractivity contribution is 7.11. The monoisotopic (exact) mass is 345 g/mol. The predicted molar refractivity (Wildman–Crippen MR) is 94.4 cm³/mol. The van der Waals surface area contributed by atoms with E-state index >= 15 is 0 Å². The maximum Gasteiger partial charge on any atom is 0.348 e. The number of rotatable bonds is 5. The van der Waals surface area contributed by atoms with E-state index in [9.17, 15) is 9.59 Å². The van der Waals surface area contributed by atoms with Crippen molar-refractivity contribution in [1.82, 2.24) is 4.68 Å². The maximum atomic E-state index is 12.3. The minimum atomic E-state index is -0.562. The largest absolute Gasteiger partial charge is 0.465 e. The van der Waals surface area contributed by atoms with Crippen molar-refractivity contribution in [3.8, 4) is 0 Å². The average Bonchev–Trinajstić information content (AvgIpc) is 2.58. The molecule has 0 unspecified atom stereocenters. The van der Waals surface area contributed by atoms with E-state index in [1.807, 2.05) is 44.2 Å². The van der Waals surface area contributed by atoms with Crippen molar-refractivity contribution < 1.29 is 9.53 Å². The minimum Gasteiger partial charge on any atom is -0.465 e. The van der Waals surface area contributed by atoms with Crippen LogP contribution in [0.25, 0.3) is 0 Å². The number of hydrogen-bond acceptors (Lipinski definition) is 6. The summed E-state index contributed by atoms with van der Waals surface area (Å²) in [5, 5.41) is 4.19. The second-order valence-corrected chi connectivity index (χ2v) is 6.35. The third kappa shape index (κ3) is 4.73. The Morgan fingerprint density at radius 2 is 2.04 bits per heavy atom. The fourth-order valence-electron chi connectivity index (χ4n) is 1.79. The molecule has 0 saturated heterocycles. The summed E-state index contributed by atoms with van der Waals surface area (Å²) in [4.78, 5) is 29.0. The molecule has 126 valence electrons. The minimum absolute atomic E-state index is 0.184. The van der Waals surface area contributed by atoms with Gasteiger partial charge in [0.1, 0.15) is 4.88 Å². The van der Waals surface area contributed by atoms with E-state index in [2.05, 4.69) is 10.1 Å². The van der Waals surface area contributed by atoms with Crippen LogP contribution < -0.4 is 10.4 Å². The molecule has 1 aromatic heterocycles. The normalized spacial score (nSPS) is 12.1. The molecule has 2 rings (SSSR count). The summed E-state index contributed by atoms with van der Waals surface area (Å²) < 4.78 is 5.90. The topological polar surface area (TPSA) is 73.0 Å². The lowest BCUT2D eigenvalue weighted by Crippen LogP contribution is -2.30. The van der Waals surface area contributed by atoms with Crippen molar-refractivity contribution in [1.29, 1.82) is 0 Å². The molecule has 1 heterocycles. The van der Waals surface area contributed by atoms with Crippen LogP contribution in [0.2, 0.25) is 0 Å². The van der Waals surface area contributed by atoms with Gasteiger partial charge in [-0.3, -0.25) is 9.79 Å². The number of esters is 1. The second-order valence-electron chi connectivity index (χ2n) is 5.35. The number of carbonyl (C=O) groups excluding carboxylic acids is 1. The molecule has 1 aromatic carbocycles. The first kappa shape index (κ1) is 17.8. The van der Waals surface area contributed by atoms with Gasteiger partial charge in [-0.1, -0.05) is 55.5 Å². The zero-order valence-corrected chi connectivity index (χ0v) is 14.6. The molecule has 6 nitrogen and oxygen atoms in total. The van der Waals surface area contributed by atoms with Gasteiger partial charge in [0, 0.05) is 12.3 Å². The van der Waals surface area contributed by atoms with E-state index in [0.717, 1.165) is 16.9 Å². The molecule has 0 radical (unpaired) electrons. The molecule has 0 bridgehead atoms. The van der Waals surface area contributed by atoms with Gasteiger partial charge in [-0.05, 0) is 11.5 Å². The first-order valence-electron chi connectivity index (χ1n) is 7.45. The van der Waals surface area contributed by atoms with Crippen LogP contribution in [-0.4, -0.2) is 24.0 Å². The van der Waals surface area contributed by atoms with Crippen molar-refractivity contribution in [2.24, 2.45) is 16.0 Å². The van der Waals surface area contributed by atoms with Crippen LogP contribution in [-0.2, 0) is 11.3 Å². The van der Waals surface area contributed by atoms with E-state index in [1.165, 1.54) is 17.9 Å². The third-order valence-electron chi connectivity index (χ3n) is 2.95. The van der Waals surface area contributed by atoms with E-state index in [0.29, 0.717) is 11.3 Å². The summed E-state index contributed by atoms with van der Waals surface area (Å²) in [5.74, 6) is -0.377. The zero-order chi connectivity index (χ0) is 17.5. The van der Waals surface area contributed by atoms with Crippen LogP contribution in [0.4, 0.5) is 0 Å². The Kier molecular flexibility index (Phi) is 6.20. The molecule has 0 saturated carbocycles.